The van der Waals surface area contributed by atoms with Gasteiger partial charge in [0.2, 0.25) is 0 Å². The minimum Gasteiger partial charge on any atom is -0.345 e. The fourth-order valence-electron chi connectivity index (χ4n) is 2.96. The Labute approximate surface area is 134 Å². The van der Waals surface area contributed by atoms with Gasteiger partial charge in [0.15, 0.2) is 0 Å². The molecule has 4 nitrogen and oxygen atoms in total. The van der Waals surface area contributed by atoms with E-state index in [2.05, 4.69) is 10.2 Å². The predicted octanol–water partition coefficient (Wildman–Crippen LogP) is 2.35. The van der Waals surface area contributed by atoms with Crippen molar-refractivity contribution in [1.82, 2.24) is 15.1 Å². The molecule has 0 unspecified atom stereocenters. The zero-order chi connectivity index (χ0) is 15.8. The average Bonchev–Trinajstić information content (AvgIpc) is 2.55. The van der Waals surface area contributed by atoms with Crippen LogP contribution < -0.4 is 5.32 Å². The fraction of sp³-hybridized carbons (Fsp3) is 0.611. The molecule has 0 atom stereocenters. The van der Waals surface area contributed by atoms with Crippen LogP contribution in [0, 0.1) is 0 Å². The molecule has 1 aliphatic rings. The van der Waals surface area contributed by atoms with Gasteiger partial charge in [-0.25, -0.2) is 0 Å². The number of hydrogen-bond acceptors (Lipinski definition) is 3. The number of rotatable bonds is 7. The maximum absolute atomic E-state index is 12.2. The number of nitrogens with one attached hydrogen (secondary N) is 1. The van der Waals surface area contributed by atoms with E-state index in [-0.39, 0.29) is 5.91 Å². The van der Waals surface area contributed by atoms with E-state index < -0.39 is 0 Å². The van der Waals surface area contributed by atoms with Gasteiger partial charge in [-0.05, 0) is 57.1 Å². The highest BCUT2D eigenvalue weighted by atomic mass is 16.2. The lowest BCUT2D eigenvalue weighted by Crippen LogP contribution is -2.32. The van der Waals surface area contributed by atoms with Crippen molar-refractivity contribution >= 4 is 5.91 Å². The smallest absolute Gasteiger partial charge is 0.253 e. The molecule has 1 saturated heterocycles. The van der Waals surface area contributed by atoms with Crippen LogP contribution in [0.5, 0.6) is 0 Å². The number of carbonyl (C=O) groups excluding carboxylic acids is 1. The minimum absolute atomic E-state index is 0.0747. The highest BCUT2D eigenvalue weighted by Crippen LogP contribution is 2.11. The highest BCUT2D eigenvalue weighted by Gasteiger charge is 2.12. The summed E-state index contributed by atoms with van der Waals surface area (Å²) in [4.78, 5) is 16.4. The Morgan fingerprint density at radius 3 is 2.64 bits per heavy atom. The molecule has 1 N–H and O–H groups in total. The van der Waals surface area contributed by atoms with Crippen molar-refractivity contribution in [3.05, 3.63) is 35.4 Å². The second-order valence-corrected chi connectivity index (χ2v) is 6.29. The number of carbonyl (C=O) groups is 1. The molecule has 0 radical (unpaired) electrons. The van der Waals surface area contributed by atoms with Gasteiger partial charge in [-0.15, -0.1) is 0 Å². The number of likely N-dealkylation sites (tertiary alicyclic amines) is 1. The molecule has 1 aromatic rings. The van der Waals surface area contributed by atoms with E-state index in [0.29, 0.717) is 0 Å². The summed E-state index contributed by atoms with van der Waals surface area (Å²) in [6.45, 7) is 5.47. The van der Waals surface area contributed by atoms with Crippen LogP contribution in [-0.4, -0.2) is 56.0 Å². The number of amides is 1. The summed E-state index contributed by atoms with van der Waals surface area (Å²) in [5.74, 6) is 0.0747. The van der Waals surface area contributed by atoms with E-state index >= 15 is 0 Å². The third kappa shape index (κ3) is 5.11. The van der Waals surface area contributed by atoms with Gasteiger partial charge in [0.1, 0.15) is 0 Å². The van der Waals surface area contributed by atoms with E-state index in [1.165, 1.54) is 45.3 Å². The summed E-state index contributed by atoms with van der Waals surface area (Å²) in [7, 11) is 3.59. The van der Waals surface area contributed by atoms with Crippen molar-refractivity contribution in [2.24, 2.45) is 0 Å². The summed E-state index contributed by atoms with van der Waals surface area (Å²) in [5, 5.41) is 3.48. The molecule has 1 aromatic carbocycles. The molecule has 0 spiro atoms. The summed E-state index contributed by atoms with van der Waals surface area (Å²) in [5.41, 5.74) is 1.88. The SMILES string of the molecule is CN(C)C(=O)c1ccccc1CNCCCN1CCCCC1. The van der Waals surface area contributed by atoms with Gasteiger partial charge in [-0.3, -0.25) is 4.79 Å². The number of hydrogen-bond donors (Lipinski definition) is 1. The van der Waals surface area contributed by atoms with Gasteiger partial charge in [0.05, 0.1) is 0 Å². The molecule has 122 valence electrons. The molecule has 1 fully saturated rings. The lowest BCUT2D eigenvalue weighted by Gasteiger charge is -2.26. The van der Waals surface area contributed by atoms with Crippen LogP contribution in [0.3, 0.4) is 0 Å². The standard InChI is InChI=1S/C18H29N3O/c1-20(2)18(22)17-10-5-4-9-16(17)15-19-11-8-14-21-12-6-3-7-13-21/h4-5,9-10,19H,3,6-8,11-15H2,1-2H3. The number of benzene rings is 1. The van der Waals surface area contributed by atoms with Crippen molar-refractivity contribution in [3.8, 4) is 0 Å². The Morgan fingerprint density at radius 1 is 1.18 bits per heavy atom. The van der Waals surface area contributed by atoms with Crippen LogP contribution in [0.1, 0.15) is 41.6 Å². The molecule has 2 rings (SSSR count). The molecule has 1 aliphatic heterocycles. The molecular weight excluding hydrogens is 274 g/mol. The molecule has 4 heteroatoms. The highest BCUT2D eigenvalue weighted by molar-refractivity contribution is 5.95. The maximum atomic E-state index is 12.2. The van der Waals surface area contributed by atoms with E-state index in [9.17, 15) is 4.79 Å². The zero-order valence-corrected chi connectivity index (χ0v) is 14.0. The molecule has 1 amide bonds. The molecule has 0 aromatic heterocycles. The topological polar surface area (TPSA) is 35.6 Å². The Morgan fingerprint density at radius 2 is 1.91 bits per heavy atom. The van der Waals surface area contributed by atoms with Crippen LogP contribution in [0.2, 0.25) is 0 Å². The molecule has 22 heavy (non-hydrogen) atoms. The van der Waals surface area contributed by atoms with E-state index in [1.54, 1.807) is 19.0 Å². The van der Waals surface area contributed by atoms with E-state index in [0.717, 1.165) is 24.2 Å². The lowest BCUT2D eigenvalue weighted by atomic mass is 10.1. The van der Waals surface area contributed by atoms with E-state index in [1.807, 2.05) is 24.3 Å². The van der Waals surface area contributed by atoms with Crippen molar-refractivity contribution in [1.29, 1.82) is 0 Å². The van der Waals surface area contributed by atoms with Crippen molar-refractivity contribution in [2.75, 3.05) is 40.3 Å². The lowest BCUT2D eigenvalue weighted by molar-refractivity contribution is 0.0826. The number of nitrogens with zero attached hydrogens (tertiary/aromatic N) is 2. The molecule has 0 aliphatic carbocycles. The zero-order valence-electron chi connectivity index (χ0n) is 14.0. The minimum atomic E-state index is 0.0747. The normalized spacial score (nSPS) is 15.7. The number of piperidine rings is 1. The monoisotopic (exact) mass is 303 g/mol. The maximum Gasteiger partial charge on any atom is 0.253 e. The summed E-state index contributed by atoms with van der Waals surface area (Å²) in [6, 6.07) is 7.87. The first-order valence-corrected chi connectivity index (χ1v) is 8.41. The second kappa shape index (κ2) is 8.91. The molecule has 0 saturated carbocycles. The summed E-state index contributed by atoms with van der Waals surface area (Å²) < 4.78 is 0. The van der Waals surface area contributed by atoms with Crippen LogP contribution in [0.4, 0.5) is 0 Å². The van der Waals surface area contributed by atoms with E-state index in [4.69, 9.17) is 0 Å². The quantitative estimate of drug-likeness (QED) is 0.786. The third-order valence-corrected chi connectivity index (χ3v) is 4.25. The van der Waals surface area contributed by atoms with Gasteiger partial charge < -0.3 is 15.1 Å². The van der Waals surface area contributed by atoms with Gasteiger partial charge >= 0.3 is 0 Å². The second-order valence-electron chi connectivity index (χ2n) is 6.29. The molecule has 0 bridgehead atoms. The predicted molar refractivity (Wildman–Crippen MR) is 91.1 cm³/mol. The van der Waals surface area contributed by atoms with Crippen LogP contribution >= 0.6 is 0 Å². The first-order chi connectivity index (χ1) is 10.7. The molecular formula is C18H29N3O. The largest absolute Gasteiger partial charge is 0.345 e. The molecule has 1 heterocycles. The van der Waals surface area contributed by atoms with Crippen LogP contribution in [0.15, 0.2) is 24.3 Å². The first-order valence-electron chi connectivity index (χ1n) is 8.41. The van der Waals surface area contributed by atoms with Gasteiger partial charge in [0, 0.05) is 26.2 Å². The summed E-state index contributed by atoms with van der Waals surface area (Å²) >= 11 is 0. The first kappa shape index (κ1) is 17.0. The van der Waals surface area contributed by atoms with Gasteiger partial charge in [-0.2, -0.15) is 0 Å². The fourth-order valence-corrected chi connectivity index (χ4v) is 2.96. The summed E-state index contributed by atoms with van der Waals surface area (Å²) in [6.07, 6.45) is 5.27. The van der Waals surface area contributed by atoms with Gasteiger partial charge in [-0.1, -0.05) is 24.6 Å². The third-order valence-electron chi connectivity index (χ3n) is 4.25. The Bertz CT molecular complexity index is 467. The van der Waals surface area contributed by atoms with Crippen molar-refractivity contribution < 1.29 is 4.79 Å². The van der Waals surface area contributed by atoms with Crippen molar-refractivity contribution in [3.63, 3.8) is 0 Å². The van der Waals surface area contributed by atoms with Crippen LogP contribution in [-0.2, 0) is 6.54 Å². The Hall–Kier alpha value is -1.39. The van der Waals surface area contributed by atoms with Crippen LogP contribution in [0.25, 0.3) is 0 Å². The Kier molecular flexibility index (Phi) is 6.87. The average molecular weight is 303 g/mol. The van der Waals surface area contributed by atoms with Gasteiger partial charge in [0.25, 0.3) is 5.91 Å². The Balaban J connectivity index is 1.73. The van der Waals surface area contributed by atoms with Crippen molar-refractivity contribution in [2.45, 2.75) is 32.2 Å².